The molecule has 0 spiro atoms. The third-order valence-corrected chi connectivity index (χ3v) is 7.69. The molecular formula is C28H27N3O4S. The second-order valence-corrected chi connectivity index (χ2v) is 10.3. The predicted octanol–water partition coefficient (Wildman–Crippen LogP) is 4.81. The zero-order valence-electron chi connectivity index (χ0n) is 20.1. The lowest BCUT2D eigenvalue weighted by molar-refractivity contribution is -0.141. The Morgan fingerprint density at radius 2 is 1.53 bits per heavy atom. The van der Waals surface area contributed by atoms with E-state index in [2.05, 4.69) is 9.97 Å². The number of methoxy groups -OCH3 is 1. The van der Waals surface area contributed by atoms with Crippen LogP contribution in [-0.2, 0) is 32.6 Å². The minimum Gasteiger partial charge on any atom is -0.469 e. The van der Waals surface area contributed by atoms with Gasteiger partial charge in [-0.25, -0.2) is 18.4 Å². The zero-order valence-corrected chi connectivity index (χ0v) is 20.9. The average Bonchev–Trinajstić information content (AvgIpc) is 2.93. The molecule has 0 radical (unpaired) electrons. The molecule has 1 unspecified atom stereocenters. The summed E-state index contributed by atoms with van der Waals surface area (Å²) in [7, 11) is -2.44. The van der Waals surface area contributed by atoms with Crippen molar-refractivity contribution in [2.45, 2.75) is 30.8 Å². The Morgan fingerprint density at radius 1 is 0.861 bits per heavy atom. The summed E-state index contributed by atoms with van der Waals surface area (Å²) in [4.78, 5) is 20.8. The highest BCUT2D eigenvalue weighted by Gasteiger charge is 2.25. The van der Waals surface area contributed by atoms with Crippen molar-refractivity contribution in [1.29, 1.82) is 0 Å². The standard InChI is InChI=1S/C28H27N3O4S/c1-21(28(32)35-2)25-9-6-8-23(18-25)20-31(36(33,34)26-10-4-3-5-11-26)19-22-12-14-24(15-13-22)27-29-16-7-17-30-27/h3-18,21H,19-20H2,1-2H3. The van der Waals surface area contributed by atoms with E-state index in [9.17, 15) is 13.2 Å². The van der Waals surface area contributed by atoms with E-state index in [-0.39, 0.29) is 24.0 Å². The normalized spacial score (nSPS) is 12.3. The Hall–Kier alpha value is -3.88. The molecule has 0 bridgehead atoms. The first-order valence-corrected chi connectivity index (χ1v) is 12.9. The molecule has 4 aromatic rings. The molecule has 36 heavy (non-hydrogen) atoms. The lowest BCUT2D eigenvalue weighted by Crippen LogP contribution is -2.30. The molecular weight excluding hydrogens is 474 g/mol. The number of nitrogens with zero attached hydrogens (tertiary/aromatic N) is 3. The van der Waals surface area contributed by atoms with Crippen LogP contribution >= 0.6 is 0 Å². The Labute approximate surface area is 211 Å². The van der Waals surface area contributed by atoms with E-state index in [4.69, 9.17) is 4.74 Å². The van der Waals surface area contributed by atoms with Crippen LogP contribution in [0.2, 0.25) is 0 Å². The van der Waals surface area contributed by atoms with Crippen LogP contribution in [0.3, 0.4) is 0 Å². The van der Waals surface area contributed by atoms with Crippen LogP contribution in [0.5, 0.6) is 0 Å². The lowest BCUT2D eigenvalue weighted by atomic mass is 9.99. The van der Waals surface area contributed by atoms with Crippen molar-refractivity contribution in [3.05, 3.63) is 114 Å². The summed E-state index contributed by atoms with van der Waals surface area (Å²) >= 11 is 0. The number of sulfonamides is 1. The van der Waals surface area contributed by atoms with Gasteiger partial charge in [0.2, 0.25) is 10.0 Å². The second-order valence-electron chi connectivity index (χ2n) is 8.35. The molecule has 0 saturated heterocycles. The van der Waals surface area contributed by atoms with E-state index >= 15 is 0 Å². The van der Waals surface area contributed by atoms with E-state index in [0.29, 0.717) is 5.82 Å². The number of carbonyl (C=O) groups excluding carboxylic acids is 1. The molecule has 0 N–H and O–H groups in total. The van der Waals surface area contributed by atoms with Crippen molar-refractivity contribution in [3.8, 4) is 11.4 Å². The summed E-state index contributed by atoms with van der Waals surface area (Å²) in [5.41, 5.74) is 3.22. The fourth-order valence-electron chi connectivity index (χ4n) is 3.86. The number of benzene rings is 3. The summed E-state index contributed by atoms with van der Waals surface area (Å²) < 4.78 is 33.6. The second kappa shape index (κ2) is 11.2. The fraction of sp³-hybridized carbons (Fsp3) is 0.179. The van der Waals surface area contributed by atoms with Gasteiger partial charge in [-0.05, 0) is 41.8 Å². The van der Waals surface area contributed by atoms with Crippen molar-refractivity contribution < 1.29 is 17.9 Å². The van der Waals surface area contributed by atoms with Gasteiger partial charge in [-0.1, -0.05) is 66.7 Å². The number of aromatic nitrogens is 2. The molecule has 0 aliphatic rings. The van der Waals surface area contributed by atoms with Gasteiger partial charge in [0.1, 0.15) is 0 Å². The Balaban J connectivity index is 1.64. The van der Waals surface area contributed by atoms with Crippen LogP contribution in [0, 0.1) is 0 Å². The van der Waals surface area contributed by atoms with E-state index in [1.165, 1.54) is 11.4 Å². The van der Waals surface area contributed by atoms with E-state index < -0.39 is 15.9 Å². The highest BCUT2D eigenvalue weighted by molar-refractivity contribution is 7.89. The number of hydrogen-bond donors (Lipinski definition) is 0. The summed E-state index contributed by atoms with van der Waals surface area (Å²) in [6.45, 7) is 2.08. The van der Waals surface area contributed by atoms with Gasteiger partial charge in [-0.2, -0.15) is 4.31 Å². The average molecular weight is 502 g/mol. The molecule has 4 rings (SSSR count). The predicted molar refractivity (Wildman–Crippen MR) is 137 cm³/mol. The summed E-state index contributed by atoms with van der Waals surface area (Å²) in [6, 6.07) is 25.0. The van der Waals surface area contributed by atoms with E-state index in [0.717, 1.165) is 22.3 Å². The minimum absolute atomic E-state index is 0.141. The van der Waals surface area contributed by atoms with Gasteiger partial charge < -0.3 is 4.74 Å². The Bertz CT molecular complexity index is 1410. The molecule has 0 saturated carbocycles. The molecule has 0 aliphatic carbocycles. The van der Waals surface area contributed by atoms with Gasteiger partial charge >= 0.3 is 5.97 Å². The largest absolute Gasteiger partial charge is 0.469 e. The maximum Gasteiger partial charge on any atom is 0.312 e. The molecule has 0 amide bonds. The summed E-state index contributed by atoms with van der Waals surface area (Å²) in [5, 5.41) is 0. The topological polar surface area (TPSA) is 89.5 Å². The molecule has 0 aliphatic heterocycles. The van der Waals surface area contributed by atoms with Crippen LogP contribution in [0.25, 0.3) is 11.4 Å². The Morgan fingerprint density at radius 3 is 2.19 bits per heavy atom. The molecule has 1 atom stereocenters. The molecule has 1 heterocycles. The minimum atomic E-state index is -3.80. The van der Waals surface area contributed by atoms with Crippen LogP contribution in [0.4, 0.5) is 0 Å². The van der Waals surface area contributed by atoms with Crippen molar-refractivity contribution in [3.63, 3.8) is 0 Å². The van der Waals surface area contributed by atoms with Crippen LogP contribution in [0.15, 0.2) is 102 Å². The van der Waals surface area contributed by atoms with Gasteiger partial charge in [0, 0.05) is 31.0 Å². The van der Waals surface area contributed by atoms with Crippen molar-refractivity contribution >= 4 is 16.0 Å². The first kappa shape index (κ1) is 25.2. The zero-order chi connectivity index (χ0) is 25.5. The molecule has 8 heteroatoms. The number of rotatable bonds is 9. The van der Waals surface area contributed by atoms with Gasteiger partial charge in [0.15, 0.2) is 5.82 Å². The third-order valence-electron chi connectivity index (χ3n) is 5.88. The lowest BCUT2D eigenvalue weighted by Gasteiger charge is -2.23. The maximum atomic E-state index is 13.6. The van der Waals surface area contributed by atoms with E-state index in [1.54, 1.807) is 55.7 Å². The van der Waals surface area contributed by atoms with Gasteiger partial charge in [-0.15, -0.1) is 0 Å². The molecule has 184 valence electrons. The van der Waals surface area contributed by atoms with Crippen LogP contribution in [-0.4, -0.2) is 35.8 Å². The molecule has 0 fully saturated rings. The number of ether oxygens (including phenoxy) is 1. The van der Waals surface area contributed by atoms with Crippen LogP contribution in [0.1, 0.15) is 29.5 Å². The monoisotopic (exact) mass is 501 g/mol. The van der Waals surface area contributed by atoms with Gasteiger partial charge in [0.05, 0.1) is 17.9 Å². The van der Waals surface area contributed by atoms with Crippen molar-refractivity contribution in [2.75, 3.05) is 7.11 Å². The fourth-order valence-corrected chi connectivity index (χ4v) is 5.29. The highest BCUT2D eigenvalue weighted by atomic mass is 32.2. The quantitative estimate of drug-likeness (QED) is 0.306. The highest BCUT2D eigenvalue weighted by Crippen LogP contribution is 2.24. The molecule has 1 aromatic heterocycles. The maximum absolute atomic E-state index is 13.6. The number of hydrogen-bond acceptors (Lipinski definition) is 6. The summed E-state index contributed by atoms with van der Waals surface area (Å²) in [6.07, 6.45) is 3.36. The van der Waals surface area contributed by atoms with Crippen molar-refractivity contribution in [1.82, 2.24) is 14.3 Å². The van der Waals surface area contributed by atoms with Crippen molar-refractivity contribution in [2.24, 2.45) is 0 Å². The van der Waals surface area contributed by atoms with Crippen LogP contribution < -0.4 is 0 Å². The summed E-state index contributed by atoms with van der Waals surface area (Å²) in [5.74, 6) is -0.195. The molecule has 7 nitrogen and oxygen atoms in total. The van der Waals surface area contributed by atoms with E-state index in [1.807, 2.05) is 48.5 Å². The first-order chi connectivity index (χ1) is 17.4. The third kappa shape index (κ3) is 5.84. The number of carbonyl (C=O) groups is 1. The smallest absolute Gasteiger partial charge is 0.312 e. The Kier molecular flexibility index (Phi) is 7.87. The molecule has 3 aromatic carbocycles. The SMILES string of the molecule is COC(=O)C(C)c1cccc(CN(Cc2ccc(-c3ncccn3)cc2)S(=O)(=O)c2ccccc2)c1. The first-order valence-electron chi connectivity index (χ1n) is 11.5. The van der Waals surface area contributed by atoms with Gasteiger partial charge in [0.25, 0.3) is 0 Å². The number of esters is 1. The van der Waals surface area contributed by atoms with Gasteiger partial charge in [-0.3, -0.25) is 4.79 Å².